The number of halogens is 2. The zero-order valence-electron chi connectivity index (χ0n) is 13.2. The standard InChI is InChI=1S/C14H29N3O.2ClH/c1-12-6-5-8-14(10-12,17(3)4)11-16-13(18)7-9-15-2;;/h12,15H,5-11H2,1-4H3,(H,16,18);2*1H. The number of likely N-dealkylation sites (N-methyl/N-ethyl adjacent to an activating group) is 1. The van der Waals surface area contributed by atoms with Crippen LogP contribution < -0.4 is 10.6 Å². The SMILES string of the molecule is CNCCC(=O)NCC1(N(C)C)CCCC(C)C1.Cl.Cl. The van der Waals surface area contributed by atoms with Crippen molar-refractivity contribution in [1.29, 1.82) is 0 Å². The Bertz CT molecular complexity index is 277. The molecule has 122 valence electrons. The maximum atomic E-state index is 11.7. The summed E-state index contributed by atoms with van der Waals surface area (Å²) in [6, 6.07) is 0. The predicted molar refractivity (Wildman–Crippen MR) is 90.1 cm³/mol. The van der Waals surface area contributed by atoms with Crippen molar-refractivity contribution in [2.45, 2.75) is 44.6 Å². The lowest BCUT2D eigenvalue weighted by Crippen LogP contribution is -2.55. The number of nitrogens with zero attached hydrogens (tertiary/aromatic N) is 1. The van der Waals surface area contributed by atoms with Crippen LogP contribution in [0.15, 0.2) is 0 Å². The zero-order valence-corrected chi connectivity index (χ0v) is 14.8. The first-order valence-corrected chi connectivity index (χ1v) is 7.09. The van der Waals surface area contributed by atoms with E-state index in [2.05, 4.69) is 36.6 Å². The van der Waals surface area contributed by atoms with Gasteiger partial charge in [-0.15, -0.1) is 24.8 Å². The molecule has 0 aliphatic heterocycles. The number of hydrogen-bond acceptors (Lipinski definition) is 3. The van der Waals surface area contributed by atoms with Crippen molar-refractivity contribution in [3.63, 3.8) is 0 Å². The molecule has 2 unspecified atom stereocenters. The molecular formula is C14H31Cl2N3O. The molecule has 2 N–H and O–H groups in total. The number of amides is 1. The third kappa shape index (κ3) is 6.61. The summed E-state index contributed by atoms with van der Waals surface area (Å²) in [6.07, 6.45) is 5.54. The number of rotatable bonds is 6. The second-order valence-corrected chi connectivity index (χ2v) is 5.95. The minimum atomic E-state index is 0. The van der Waals surface area contributed by atoms with E-state index in [1.807, 2.05) is 7.05 Å². The summed E-state index contributed by atoms with van der Waals surface area (Å²) in [7, 11) is 6.15. The highest BCUT2D eigenvalue weighted by Gasteiger charge is 2.36. The van der Waals surface area contributed by atoms with Crippen LogP contribution in [0, 0.1) is 5.92 Å². The average Bonchev–Trinajstić information content (AvgIpc) is 2.33. The molecule has 1 saturated carbocycles. The van der Waals surface area contributed by atoms with Gasteiger partial charge in [-0.3, -0.25) is 4.79 Å². The van der Waals surface area contributed by atoms with Crippen molar-refractivity contribution in [3.05, 3.63) is 0 Å². The van der Waals surface area contributed by atoms with E-state index in [1.165, 1.54) is 25.7 Å². The fourth-order valence-electron chi connectivity index (χ4n) is 2.95. The van der Waals surface area contributed by atoms with E-state index in [0.717, 1.165) is 19.0 Å². The van der Waals surface area contributed by atoms with E-state index < -0.39 is 0 Å². The van der Waals surface area contributed by atoms with Gasteiger partial charge in [0.15, 0.2) is 0 Å². The highest BCUT2D eigenvalue weighted by Crippen LogP contribution is 2.35. The lowest BCUT2D eigenvalue weighted by molar-refractivity contribution is -0.121. The molecule has 1 aliphatic rings. The van der Waals surface area contributed by atoms with Crippen molar-refractivity contribution in [2.24, 2.45) is 5.92 Å². The van der Waals surface area contributed by atoms with Gasteiger partial charge in [-0.25, -0.2) is 0 Å². The Kier molecular flexibility index (Phi) is 11.9. The van der Waals surface area contributed by atoms with Gasteiger partial charge in [-0.2, -0.15) is 0 Å². The molecule has 0 bridgehead atoms. The van der Waals surface area contributed by atoms with E-state index in [1.54, 1.807) is 0 Å². The monoisotopic (exact) mass is 327 g/mol. The maximum absolute atomic E-state index is 11.7. The third-order valence-corrected chi connectivity index (χ3v) is 4.23. The van der Waals surface area contributed by atoms with E-state index in [-0.39, 0.29) is 36.3 Å². The quantitative estimate of drug-likeness (QED) is 0.784. The number of carbonyl (C=O) groups is 1. The Hall–Kier alpha value is -0.0300. The van der Waals surface area contributed by atoms with Crippen LogP contribution in [0.4, 0.5) is 0 Å². The van der Waals surface area contributed by atoms with Gasteiger partial charge in [0.25, 0.3) is 0 Å². The highest BCUT2D eigenvalue weighted by molar-refractivity contribution is 5.85. The van der Waals surface area contributed by atoms with Crippen molar-refractivity contribution < 1.29 is 4.79 Å². The summed E-state index contributed by atoms with van der Waals surface area (Å²) in [5.74, 6) is 0.916. The fourth-order valence-corrected chi connectivity index (χ4v) is 2.95. The van der Waals surface area contributed by atoms with Crippen LogP contribution in [0.3, 0.4) is 0 Å². The van der Waals surface area contributed by atoms with Crippen LogP contribution in [-0.2, 0) is 4.79 Å². The Morgan fingerprint density at radius 1 is 1.35 bits per heavy atom. The van der Waals surface area contributed by atoms with Crippen LogP contribution in [-0.4, -0.2) is 50.6 Å². The summed E-state index contributed by atoms with van der Waals surface area (Å²) >= 11 is 0. The molecule has 4 nitrogen and oxygen atoms in total. The molecule has 0 radical (unpaired) electrons. The predicted octanol–water partition coefficient (Wildman–Crippen LogP) is 2.07. The summed E-state index contributed by atoms with van der Waals surface area (Å²) < 4.78 is 0. The van der Waals surface area contributed by atoms with Gasteiger partial charge in [0.1, 0.15) is 0 Å². The number of nitrogens with one attached hydrogen (secondary N) is 2. The van der Waals surface area contributed by atoms with E-state index in [4.69, 9.17) is 0 Å². The zero-order chi connectivity index (χ0) is 13.6. The third-order valence-electron chi connectivity index (χ3n) is 4.23. The van der Waals surface area contributed by atoms with Gasteiger partial charge in [-0.05, 0) is 39.9 Å². The average molecular weight is 328 g/mol. The maximum Gasteiger partial charge on any atom is 0.221 e. The van der Waals surface area contributed by atoms with Gasteiger partial charge in [-0.1, -0.05) is 19.8 Å². The minimum absolute atomic E-state index is 0. The summed E-state index contributed by atoms with van der Waals surface area (Å²) in [4.78, 5) is 14.0. The molecular weight excluding hydrogens is 297 g/mol. The highest BCUT2D eigenvalue weighted by atomic mass is 35.5. The summed E-state index contributed by atoms with van der Waals surface area (Å²) in [5.41, 5.74) is 0.160. The molecule has 0 aromatic carbocycles. The Balaban J connectivity index is 0. The van der Waals surface area contributed by atoms with Gasteiger partial charge >= 0.3 is 0 Å². The van der Waals surface area contributed by atoms with Gasteiger partial charge in [0, 0.05) is 25.0 Å². The van der Waals surface area contributed by atoms with Gasteiger partial charge in [0.2, 0.25) is 5.91 Å². The molecule has 20 heavy (non-hydrogen) atoms. The molecule has 1 rings (SSSR count). The van der Waals surface area contributed by atoms with E-state index >= 15 is 0 Å². The summed E-state index contributed by atoms with van der Waals surface area (Å²) in [6.45, 7) is 3.85. The normalized spacial score (nSPS) is 25.6. The Labute approximate surface area is 136 Å². The first-order valence-electron chi connectivity index (χ1n) is 7.09. The van der Waals surface area contributed by atoms with Crippen LogP contribution in [0.2, 0.25) is 0 Å². The molecule has 0 spiro atoms. The lowest BCUT2D eigenvalue weighted by atomic mass is 9.75. The molecule has 1 aliphatic carbocycles. The van der Waals surface area contributed by atoms with E-state index in [9.17, 15) is 4.79 Å². The van der Waals surface area contributed by atoms with Crippen LogP contribution in [0.5, 0.6) is 0 Å². The lowest BCUT2D eigenvalue weighted by Gasteiger charge is -2.45. The number of hydrogen-bond donors (Lipinski definition) is 2. The van der Waals surface area contributed by atoms with Gasteiger partial charge in [0.05, 0.1) is 0 Å². The number of carbonyl (C=O) groups excluding carboxylic acids is 1. The smallest absolute Gasteiger partial charge is 0.221 e. The molecule has 6 heteroatoms. The minimum Gasteiger partial charge on any atom is -0.354 e. The summed E-state index contributed by atoms with van der Waals surface area (Å²) in [5, 5.41) is 6.11. The van der Waals surface area contributed by atoms with Gasteiger partial charge < -0.3 is 15.5 Å². The second kappa shape index (κ2) is 10.7. The first-order chi connectivity index (χ1) is 8.50. The molecule has 0 saturated heterocycles. The molecule has 0 heterocycles. The van der Waals surface area contributed by atoms with E-state index in [0.29, 0.717) is 6.42 Å². The molecule has 0 aromatic heterocycles. The fraction of sp³-hybridized carbons (Fsp3) is 0.929. The second-order valence-electron chi connectivity index (χ2n) is 5.95. The molecule has 1 amide bonds. The Morgan fingerprint density at radius 2 is 2.00 bits per heavy atom. The molecule has 2 atom stereocenters. The van der Waals surface area contributed by atoms with Crippen LogP contribution in [0.25, 0.3) is 0 Å². The first kappa shape index (κ1) is 22.3. The largest absolute Gasteiger partial charge is 0.354 e. The van der Waals surface area contributed by atoms with Crippen molar-refractivity contribution >= 4 is 30.7 Å². The molecule has 0 aromatic rings. The van der Waals surface area contributed by atoms with Crippen molar-refractivity contribution in [3.8, 4) is 0 Å². The molecule has 1 fully saturated rings. The van der Waals surface area contributed by atoms with Crippen molar-refractivity contribution in [1.82, 2.24) is 15.5 Å². The van der Waals surface area contributed by atoms with Crippen LogP contribution in [0.1, 0.15) is 39.0 Å². The van der Waals surface area contributed by atoms with Crippen molar-refractivity contribution in [2.75, 3.05) is 34.2 Å². The Morgan fingerprint density at radius 3 is 2.50 bits per heavy atom. The topological polar surface area (TPSA) is 44.4 Å². The van der Waals surface area contributed by atoms with Crippen LogP contribution >= 0.6 is 24.8 Å².